The van der Waals surface area contributed by atoms with Crippen LogP contribution in [0.2, 0.25) is 0 Å². The predicted molar refractivity (Wildman–Crippen MR) is 72.1 cm³/mol. The van der Waals surface area contributed by atoms with Crippen molar-refractivity contribution in [2.75, 3.05) is 19.4 Å². The van der Waals surface area contributed by atoms with Gasteiger partial charge in [-0.3, -0.25) is 0 Å². The lowest BCUT2D eigenvalue weighted by molar-refractivity contribution is 0.411. The number of hydrogen-bond acceptors (Lipinski definition) is 4. The van der Waals surface area contributed by atoms with Gasteiger partial charge in [-0.2, -0.15) is 17.0 Å². The van der Waals surface area contributed by atoms with Crippen molar-refractivity contribution in [2.24, 2.45) is 11.7 Å². The van der Waals surface area contributed by atoms with Crippen LogP contribution in [-0.2, 0) is 5.75 Å². The average Bonchev–Trinajstić information content (AvgIpc) is 2.38. The lowest BCUT2D eigenvalue weighted by atomic mass is 10.1. The van der Waals surface area contributed by atoms with Gasteiger partial charge in [0.05, 0.1) is 18.7 Å². The normalized spacial score (nSPS) is 11.9. The summed E-state index contributed by atoms with van der Waals surface area (Å²) in [4.78, 5) is 0. The SMILES string of the molecule is COc1ccc(C#N)cc1CSCC(C)CN. The van der Waals surface area contributed by atoms with Crippen LogP contribution in [0.1, 0.15) is 18.1 Å². The summed E-state index contributed by atoms with van der Waals surface area (Å²) in [5.41, 5.74) is 7.32. The fraction of sp³-hybridized carbons (Fsp3) is 0.462. The first-order valence-corrected chi connectivity index (χ1v) is 6.71. The summed E-state index contributed by atoms with van der Waals surface area (Å²) in [6, 6.07) is 7.65. The summed E-state index contributed by atoms with van der Waals surface area (Å²) in [5, 5.41) is 8.86. The molecule has 1 aromatic carbocycles. The van der Waals surface area contributed by atoms with Gasteiger partial charge in [0.2, 0.25) is 0 Å². The van der Waals surface area contributed by atoms with Gasteiger partial charge in [0.25, 0.3) is 0 Å². The van der Waals surface area contributed by atoms with E-state index in [9.17, 15) is 0 Å². The number of methoxy groups -OCH3 is 1. The van der Waals surface area contributed by atoms with Gasteiger partial charge in [-0.15, -0.1) is 0 Å². The van der Waals surface area contributed by atoms with Gasteiger partial charge in [0.1, 0.15) is 5.75 Å². The first kappa shape index (κ1) is 13.9. The Labute approximate surface area is 107 Å². The molecule has 0 saturated heterocycles. The highest BCUT2D eigenvalue weighted by atomic mass is 32.2. The van der Waals surface area contributed by atoms with E-state index in [1.54, 1.807) is 13.2 Å². The molecule has 4 heteroatoms. The Morgan fingerprint density at radius 2 is 2.29 bits per heavy atom. The lowest BCUT2D eigenvalue weighted by Crippen LogP contribution is -2.12. The molecule has 1 rings (SSSR count). The third-order valence-electron chi connectivity index (χ3n) is 2.47. The van der Waals surface area contributed by atoms with Gasteiger partial charge in [-0.1, -0.05) is 6.92 Å². The first-order valence-electron chi connectivity index (χ1n) is 5.56. The monoisotopic (exact) mass is 250 g/mol. The van der Waals surface area contributed by atoms with Crippen LogP contribution in [-0.4, -0.2) is 19.4 Å². The molecular formula is C13H18N2OS. The maximum absolute atomic E-state index is 8.86. The number of hydrogen-bond donors (Lipinski definition) is 1. The zero-order valence-electron chi connectivity index (χ0n) is 10.3. The Morgan fingerprint density at radius 3 is 2.88 bits per heavy atom. The standard InChI is InChI=1S/C13H18N2OS/c1-10(6-14)8-17-9-12-5-11(7-15)3-4-13(12)16-2/h3-5,10H,6,8-9,14H2,1-2H3. The van der Waals surface area contributed by atoms with Crippen molar-refractivity contribution >= 4 is 11.8 Å². The Kier molecular flexibility index (Phi) is 5.88. The van der Waals surface area contributed by atoms with Gasteiger partial charge in [-0.05, 0) is 36.4 Å². The van der Waals surface area contributed by atoms with Crippen LogP contribution in [0.25, 0.3) is 0 Å². The lowest BCUT2D eigenvalue weighted by Gasteiger charge is -2.10. The topological polar surface area (TPSA) is 59.0 Å². The van der Waals surface area contributed by atoms with E-state index in [4.69, 9.17) is 15.7 Å². The van der Waals surface area contributed by atoms with Crippen LogP contribution >= 0.6 is 11.8 Å². The third kappa shape index (κ3) is 4.29. The molecule has 2 N–H and O–H groups in total. The summed E-state index contributed by atoms with van der Waals surface area (Å²) < 4.78 is 5.28. The van der Waals surface area contributed by atoms with E-state index in [0.29, 0.717) is 18.0 Å². The summed E-state index contributed by atoms with van der Waals surface area (Å²) in [5.74, 6) is 3.24. The number of thioether (sulfide) groups is 1. The van der Waals surface area contributed by atoms with Crippen LogP contribution in [0.15, 0.2) is 18.2 Å². The van der Waals surface area contributed by atoms with E-state index in [-0.39, 0.29) is 0 Å². The molecule has 0 aliphatic rings. The predicted octanol–water partition coefficient (Wildman–Crippen LogP) is 2.39. The minimum atomic E-state index is 0.519. The molecular weight excluding hydrogens is 232 g/mol. The molecule has 1 aromatic rings. The largest absolute Gasteiger partial charge is 0.496 e. The molecule has 0 aliphatic carbocycles. The van der Waals surface area contributed by atoms with Gasteiger partial charge in [0, 0.05) is 11.3 Å². The molecule has 0 amide bonds. The van der Waals surface area contributed by atoms with E-state index >= 15 is 0 Å². The second-order valence-corrected chi connectivity index (χ2v) is 5.02. The highest BCUT2D eigenvalue weighted by molar-refractivity contribution is 7.98. The Balaban J connectivity index is 2.65. The number of nitrogens with zero attached hydrogens (tertiary/aromatic N) is 1. The van der Waals surface area contributed by atoms with E-state index in [1.165, 1.54) is 0 Å². The van der Waals surface area contributed by atoms with Crippen molar-refractivity contribution in [1.29, 1.82) is 5.26 Å². The summed E-state index contributed by atoms with van der Waals surface area (Å²) in [6.07, 6.45) is 0. The molecule has 17 heavy (non-hydrogen) atoms. The first-order chi connectivity index (χ1) is 8.21. The van der Waals surface area contributed by atoms with Crippen LogP contribution in [0.3, 0.4) is 0 Å². The number of nitriles is 1. The van der Waals surface area contributed by atoms with Gasteiger partial charge >= 0.3 is 0 Å². The molecule has 1 atom stereocenters. The molecule has 0 bridgehead atoms. The minimum absolute atomic E-state index is 0.519. The summed E-state index contributed by atoms with van der Waals surface area (Å²) in [6.45, 7) is 2.85. The molecule has 0 radical (unpaired) electrons. The molecule has 0 aliphatic heterocycles. The van der Waals surface area contributed by atoms with Gasteiger partial charge < -0.3 is 10.5 Å². The van der Waals surface area contributed by atoms with Crippen molar-refractivity contribution in [2.45, 2.75) is 12.7 Å². The van der Waals surface area contributed by atoms with Crippen molar-refractivity contribution < 1.29 is 4.74 Å². The molecule has 0 spiro atoms. The number of ether oxygens (including phenoxy) is 1. The van der Waals surface area contributed by atoms with E-state index < -0.39 is 0 Å². The Morgan fingerprint density at radius 1 is 1.53 bits per heavy atom. The Hall–Kier alpha value is -1.18. The fourth-order valence-corrected chi connectivity index (χ4v) is 2.50. The fourth-order valence-electron chi connectivity index (χ4n) is 1.40. The quantitative estimate of drug-likeness (QED) is 0.842. The van der Waals surface area contributed by atoms with Crippen LogP contribution in [0.4, 0.5) is 0 Å². The molecule has 0 heterocycles. The third-order valence-corrected chi connectivity index (χ3v) is 3.79. The number of benzene rings is 1. The zero-order valence-corrected chi connectivity index (χ0v) is 11.1. The van der Waals surface area contributed by atoms with Gasteiger partial charge in [-0.25, -0.2) is 0 Å². The Bertz CT molecular complexity index is 401. The maximum Gasteiger partial charge on any atom is 0.122 e. The molecule has 0 aromatic heterocycles. The molecule has 1 unspecified atom stereocenters. The van der Waals surface area contributed by atoms with Crippen molar-refractivity contribution in [3.8, 4) is 11.8 Å². The van der Waals surface area contributed by atoms with Crippen LogP contribution < -0.4 is 10.5 Å². The van der Waals surface area contributed by atoms with Crippen molar-refractivity contribution in [3.63, 3.8) is 0 Å². The zero-order chi connectivity index (χ0) is 12.7. The van der Waals surface area contributed by atoms with E-state index in [2.05, 4.69) is 13.0 Å². The summed E-state index contributed by atoms with van der Waals surface area (Å²) >= 11 is 1.82. The average molecular weight is 250 g/mol. The van der Waals surface area contributed by atoms with Crippen molar-refractivity contribution in [3.05, 3.63) is 29.3 Å². The molecule has 0 fully saturated rings. The van der Waals surface area contributed by atoms with Crippen LogP contribution in [0, 0.1) is 17.2 Å². The maximum atomic E-state index is 8.86. The molecule has 3 nitrogen and oxygen atoms in total. The summed E-state index contributed by atoms with van der Waals surface area (Å²) in [7, 11) is 1.65. The molecule has 0 saturated carbocycles. The van der Waals surface area contributed by atoms with E-state index in [0.717, 1.165) is 22.8 Å². The van der Waals surface area contributed by atoms with Gasteiger partial charge in [0.15, 0.2) is 0 Å². The van der Waals surface area contributed by atoms with Crippen LogP contribution in [0.5, 0.6) is 5.75 Å². The smallest absolute Gasteiger partial charge is 0.122 e. The second-order valence-electron chi connectivity index (χ2n) is 3.99. The highest BCUT2D eigenvalue weighted by Crippen LogP contribution is 2.25. The number of rotatable bonds is 6. The second kappa shape index (κ2) is 7.21. The minimum Gasteiger partial charge on any atom is -0.496 e. The van der Waals surface area contributed by atoms with Crippen molar-refractivity contribution in [1.82, 2.24) is 0 Å². The number of nitrogens with two attached hydrogens (primary N) is 1. The van der Waals surface area contributed by atoms with E-state index in [1.807, 2.05) is 23.9 Å². The molecule has 92 valence electrons. The highest BCUT2D eigenvalue weighted by Gasteiger charge is 2.06.